The molecule has 0 fully saturated rings. The normalized spacial score (nSPS) is 12.4. The van der Waals surface area contributed by atoms with Gasteiger partial charge in [-0.3, -0.25) is 0 Å². The molecule has 0 aliphatic heterocycles. The second-order valence-corrected chi connectivity index (χ2v) is 5.18. The van der Waals surface area contributed by atoms with Gasteiger partial charge in [0.15, 0.2) is 11.6 Å². The van der Waals surface area contributed by atoms with Crippen molar-refractivity contribution in [2.75, 3.05) is 0 Å². The lowest BCUT2D eigenvalue weighted by molar-refractivity contribution is 0.506. The predicted octanol–water partition coefficient (Wildman–Crippen LogP) is 4.14. The van der Waals surface area contributed by atoms with E-state index in [0.29, 0.717) is 4.90 Å². The van der Waals surface area contributed by atoms with Crippen LogP contribution in [0.5, 0.6) is 0 Å². The van der Waals surface area contributed by atoms with Crippen LogP contribution in [0.25, 0.3) is 0 Å². The second-order valence-electron chi connectivity index (χ2n) is 4.04. The maximum atomic E-state index is 13.0. The first-order chi connectivity index (χ1) is 8.56. The molecule has 1 nitrogen and oxygen atoms in total. The van der Waals surface area contributed by atoms with Gasteiger partial charge in [-0.25, -0.2) is 8.78 Å². The van der Waals surface area contributed by atoms with Gasteiger partial charge in [0.2, 0.25) is 0 Å². The van der Waals surface area contributed by atoms with E-state index in [4.69, 9.17) is 5.73 Å². The Labute approximate surface area is 109 Å². The Balaban J connectivity index is 2.15. The van der Waals surface area contributed by atoms with Crippen molar-refractivity contribution in [2.24, 2.45) is 5.73 Å². The zero-order chi connectivity index (χ0) is 13.1. The molecule has 0 spiro atoms. The third kappa shape index (κ3) is 3.09. The van der Waals surface area contributed by atoms with Crippen molar-refractivity contribution in [2.45, 2.75) is 22.8 Å². The fraction of sp³-hybridized carbons (Fsp3) is 0.143. The Morgan fingerprint density at radius 2 is 1.56 bits per heavy atom. The average Bonchev–Trinajstić information content (AvgIpc) is 2.34. The van der Waals surface area contributed by atoms with E-state index in [2.05, 4.69) is 0 Å². The molecule has 0 aromatic heterocycles. The first-order valence-corrected chi connectivity index (χ1v) is 6.36. The number of hydrogen-bond donors (Lipinski definition) is 1. The standard InChI is InChI=1S/C14H13F2NS/c1-9(17)10-2-4-11(5-3-10)18-12-6-7-13(15)14(16)8-12/h2-9H,17H2,1H3. The summed E-state index contributed by atoms with van der Waals surface area (Å²) in [5, 5.41) is 0. The van der Waals surface area contributed by atoms with Crippen molar-refractivity contribution in [1.29, 1.82) is 0 Å². The summed E-state index contributed by atoms with van der Waals surface area (Å²) in [6, 6.07) is 11.6. The van der Waals surface area contributed by atoms with Gasteiger partial charge in [-0.1, -0.05) is 23.9 Å². The predicted molar refractivity (Wildman–Crippen MR) is 69.5 cm³/mol. The van der Waals surface area contributed by atoms with Crippen LogP contribution in [0.1, 0.15) is 18.5 Å². The van der Waals surface area contributed by atoms with Crippen molar-refractivity contribution in [3.63, 3.8) is 0 Å². The molecule has 2 aromatic rings. The summed E-state index contributed by atoms with van der Waals surface area (Å²) < 4.78 is 25.8. The van der Waals surface area contributed by atoms with Gasteiger partial charge in [0, 0.05) is 15.8 Å². The Morgan fingerprint density at radius 1 is 0.944 bits per heavy atom. The molecule has 0 saturated carbocycles. The summed E-state index contributed by atoms with van der Waals surface area (Å²) in [5.74, 6) is -1.65. The topological polar surface area (TPSA) is 26.0 Å². The van der Waals surface area contributed by atoms with Crippen LogP contribution in [0.3, 0.4) is 0 Å². The molecule has 0 heterocycles. The van der Waals surface area contributed by atoms with Crippen LogP contribution in [0, 0.1) is 11.6 Å². The molecule has 0 radical (unpaired) electrons. The lowest BCUT2D eigenvalue weighted by atomic mass is 10.1. The molecule has 4 heteroatoms. The van der Waals surface area contributed by atoms with Crippen LogP contribution in [-0.4, -0.2) is 0 Å². The summed E-state index contributed by atoms with van der Waals surface area (Å²) in [6.45, 7) is 1.91. The van der Waals surface area contributed by atoms with E-state index in [1.807, 2.05) is 31.2 Å². The molecular weight excluding hydrogens is 252 g/mol. The van der Waals surface area contributed by atoms with Crippen molar-refractivity contribution >= 4 is 11.8 Å². The first kappa shape index (κ1) is 13.1. The molecular formula is C14H13F2NS. The Bertz CT molecular complexity index is 538. The third-order valence-corrected chi connectivity index (χ3v) is 3.53. The highest BCUT2D eigenvalue weighted by molar-refractivity contribution is 7.99. The fourth-order valence-corrected chi connectivity index (χ4v) is 2.36. The van der Waals surface area contributed by atoms with E-state index in [1.54, 1.807) is 6.07 Å². The third-order valence-electron chi connectivity index (χ3n) is 2.53. The lowest BCUT2D eigenvalue weighted by Crippen LogP contribution is -2.04. The van der Waals surface area contributed by atoms with Crippen molar-refractivity contribution in [1.82, 2.24) is 0 Å². The maximum Gasteiger partial charge on any atom is 0.159 e. The second kappa shape index (κ2) is 5.50. The molecule has 0 bridgehead atoms. The van der Waals surface area contributed by atoms with Crippen molar-refractivity contribution in [3.05, 3.63) is 59.7 Å². The zero-order valence-electron chi connectivity index (χ0n) is 9.86. The molecule has 1 unspecified atom stereocenters. The summed E-state index contributed by atoms with van der Waals surface area (Å²) in [7, 11) is 0. The van der Waals surface area contributed by atoms with Gasteiger partial charge in [0.25, 0.3) is 0 Å². The molecule has 94 valence electrons. The van der Waals surface area contributed by atoms with E-state index in [-0.39, 0.29) is 6.04 Å². The molecule has 2 rings (SSSR count). The zero-order valence-corrected chi connectivity index (χ0v) is 10.7. The SMILES string of the molecule is CC(N)c1ccc(Sc2ccc(F)c(F)c2)cc1. The van der Waals surface area contributed by atoms with E-state index >= 15 is 0 Å². The Kier molecular flexibility index (Phi) is 3.99. The Hall–Kier alpha value is -1.39. The molecule has 0 aliphatic rings. The van der Waals surface area contributed by atoms with Crippen LogP contribution in [0.4, 0.5) is 8.78 Å². The van der Waals surface area contributed by atoms with Crippen LogP contribution in [0.15, 0.2) is 52.3 Å². The van der Waals surface area contributed by atoms with Gasteiger partial charge in [-0.05, 0) is 42.8 Å². The van der Waals surface area contributed by atoms with E-state index < -0.39 is 11.6 Å². The maximum absolute atomic E-state index is 13.0. The summed E-state index contributed by atoms with van der Waals surface area (Å²) >= 11 is 1.38. The first-order valence-electron chi connectivity index (χ1n) is 5.54. The number of halogens is 2. The van der Waals surface area contributed by atoms with E-state index in [1.165, 1.54) is 17.8 Å². The van der Waals surface area contributed by atoms with Gasteiger partial charge in [-0.15, -0.1) is 0 Å². The molecule has 18 heavy (non-hydrogen) atoms. The van der Waals surface area contributed by atoms with Gasteiger partial charge in [0.05, 0.1) is 0 Å². The molecule has 1 atom stereocenters. The van der Waals surface area contributed by atoms with Gasteiger partial charge >= 0.3 is 0 Å². The van der Waals surface area contributed by atoms with Crippen LogP contribution >= 0.6 is 11.8 Å². The minimum atomic E-state index is -0.827. The van der Waals surface area contributed by atoms with Gasteiger partial charge in [-0.2, -0.15) is 0 Å². The van der Waals surface area contributed by atoms with E-state index in [0.717, 1.165) is 16.5 Å². The van der Waals surface area contributed by atoms with Crippen LogP contribution in [-0.2, 0) is 0 Å². The van der Waals surface area contributed by atoms with Gasteiger partial charge < -0.3 is 5.73 Å². The summed E-state index contributed by atoms with van der Waals surface area (Å²) in [6.07, 6.45) is 0. The number of hydrogen-bond acceptors (Lipinski definition) is 2. The quantitative estimate of drug-likeness (QED) is 0.902. The molecule has 2 N–H and O–H groups in total. The summed E-state index contributed by atoms with van der Waals surface area (Å²) in [5.41, 5.74) is 6.80. The molecule has 0 saturated heterocycles. The number of rotatable bonds is 3. The van der Waals surface area contributed by atoms with Crippen molar-refractivity contribution in [3.8, 4) is 0 Å². The van der Waals surface area contributed by atoms with Crippen LogP contribution in [0.2, 0.25) is 0 Å². The minimum absolute atomic E-state index is 0.00712. The highest BCUT2D eigenvalue weighted by Crippen LogP contribution is 2.29. The Morgan fingerprint density at radius 3 is 2.11 bits per heavy atom. The molecule has 0 amide bonds. The largest absolute Gasteiger partial charge is 0.324 e. The smallest absolute Gasteiger partial charge is 0.159 e. The number of benzene rings is 2. The van der Waals surface area contributed by atoms with Gasteiger partial charge in [0.1, 0.15) is 0 Å². The monoisotopic (exact) mass is 265 g/mol. The molecule has 2 aromatic carbocycles. The van der Waals surface area contributed by atoms with Crippen molar-refractivity contribution < 1.29 is 8.78 Å². The average molecular weight is 265 g/mol. The highest BCUT2D eigenvalue weighted by atomic mass is 32.2. The number of nitrogens with two attached hydrogens (primary N) is 1. The highest BCUT2D eigenvalue weighted by Gasteiger charge is 2.05. The molecule has 0 aliphatic carbocycles. The lowest BCUT2D eigenvalue weighted by Gasteiger charge is -2.07. The van der Waals surface area contributed by atoms with Crippen LogP contribution < -0.4 is 5.73 Å². The summed E-state index contributed by atoms with van der Waals surface area (Å²) in [4.78, 5) is 1.63. The fourth-order valence-electron chi connectivity index (χ4n) is 1.52. The minimum Gasteiger partial charge on any atom is -0.324 e. The van der Waals surface area contributed by atoms with E-state index in [9.17, 15) is 8.78 Å².